The Kier molecular flexibility index (Phi) is 20.0. The van der Waals surface area contributed by atoms with Crippen LogP contribution in [0.5, 0.6) is 0 Å². The first-order chi connectivity index (χ1) is 10.6. The first kappa shape index (κ1) is 25.2. The van der Waals surface area contributed by atoms with Crippen molar-refractivity contribution >= 4 is 0 Å². The van der Waals surface area contributed by atoms with Gasteiger partial charge in [-0.15, -0.1) is 0 Å². The minimum atomic E-state index is 0. The quantitative estimate of drug-likeness (QED) is 0.294. The predicted molar refractivity (Wildman–Crippen MR) is 97.8 cm³/mol. The lowest BCUT2D eigenvalue weighted by Gasteiger charge is -2.29. The normalized spacial score (nSPS) is 11.0. The highest BCUT2D eigenvalue weighted by atomic mass is 79.9. The summed E-state index contributed by atoms with van der Waals surface area (Å²) in [6.07, 6.45) is 18.8. The summed E-state index contributed by atoms with van der Waals surface area (Å²) >= 11 is 0. The smallest absolute Gasteiger partial charge is 0.0792 e. The molecule has 3 heteroatoms. The van der Waals surface area contributed by atoms with Gasteiger partial charge in [0.1, 0.15) is 0 Å². The van der Waals surface area contributed by atoms with Crippen molar-refractivity contribution < 1.29 is 21.5 Å². The lowest BCUT2D eigenvalue weighted by molar-refractivity contribution is -0.890. The van der Waals surface area contributed by atoms with E-state index in [0.29, 0.717) is 6.42 Å². The van der Waals surface area contributed by atoms with Crippen molar-refractivity contribution in [1.82, 2.24) is 0 Å². The molecule has 0 aliphatic carbocycles. The van der Waals surface area contributed by atoms with Crippen LogP contribution in [0.4, 0.5) is 0 Å². The van der Waals surface area contributed by atoms with Crippen LogP contribution < -0.4 is 17.0 Å². The van der Waals surface area contributed by atoms with Crippen molar-refractivity contribution in [1.29, 1.82) is 5.26 Å². The Morgan fingerprint density at radius 3 is 1.48 bits per heavy atom. The van der Waals surface area contributed by atoms with Gasteiger partial charge in [0.05, 0.1) is 33.3 Å². The van der Waals surface area contributed by atoms with Crippen molar-refractivity contribution in [3.63, 3.8) is 0 Å². The van der Waals surface area contributed by atoms with E-state index in [1.165, 1.54) is 83.6 Å². The number of quaternary nitrogens is 1. The Morgan fingerprint density at radius 2 is 1.04 bits per heavy atom. The second-order valence-electron chi connectivity index (χ2n) is 7.53. The molecule has 0 unspecified atom stereocenters. The number of hydrogen-bond donors (Lipinski definition) is 0. The molecule has 0 aliphatic rings. The lowest BCUT2D eigenvalue weighted by Crippen LogP contribution is -3.00. The predicted octanol–water partition coefficient (Wildman–Crippen LogP) is 3.07. The molecule has 0 N–H and O–H groups in total. The monoisotopic (exact) mass is 388 g/mol. The first-order valence-corrected chi connectivity index (χ1v) is 9.81. The minimum Gasteiger partial charge on any atom is -1.00 e. The maximum Gasteiger partial charge on any atom is 0.0792 e. The van der Waals surface area contributed by atoms with Gasteiger partial charge in [-0.1, -0.05) is 71.1 Å². The Morgan fingerprint density at radius 1 is 0.652 bits per heavy atom. The number of unbranched alkanes of at least 4 members (excludes halogenated alkanes) is 12. The minimum absolute atomic E-state index is 0. The van der Waals surface area contributed by atoms with Crippen molar-refractivity contribution in [2.24, 2.45) is 0 Å². The van der Waals surface area contributed by atoms with Crippen LogP contribution in [-0.2, 0) is 0 Å². The average molecular weight is 389 g/mol. The van der Waals surface area contributed by atoms with Crippen LogP contribution in [0.2, 0.25) is 0 Å². The van der Waals surface area contributed by atoms with Gasteiger partial charge in [-0.2, -0.15) is 5.26 Å². The second-order valence-corrected chi connectivity index (χ2v) is 7.53. The fourth-order valence-electron chi connectivity index (χ4n) is 3.08. The third kappa shape index (κ3) is 19.9. The molecule has 0 fully saturated rings. The molecule has 2 nitrogen and oxygen atoms in total. The molecule has 0 radical (unpaired) electrons. The van der Waals surface area contributed by atoms with Crippen LogP contribution in [-0.4, -0.2) is 31.7 Å². The van der Waals surface area contributed by atoms with E-state index >= 15 is 0 Å². The third-order valence-corrected chi connectivity index (χ3v) is 4.67. The molecule has 0 saturated heterocycles. The second kappa shape index (κ2) is 18.3. The van der Waals surface area contributed by atoms with Crippen LogP contribution in [0.15, 0.2) is 0 Å². The molecule has 0 aromatic rings. The molecule has 0 amide bonds. The Hall–Kier alpha value is -0.0700. The van der Waals surface area contributed by atoms with E-state index in [0.717, 1.165) is 17.4 Å². The summed E-state index contributed by atoms with van der Waals surface area (Å²) in [5, 5.41) is 8.59. The Bertz CT molecular complexity index is 271. The summed E-state index contributed by atoms with van der Waals surface area (Å²) in [4.78, 5) is 0. The van der Waals surface area contributed by atoms with E-state index in [4.69, 9.17) is 5.26 Å². The maximum absolute atomic E-state index is 8.59. The van der Waals surface area contributed by atoms with Crippen LogP contribution in [0.1, 0.15) is 96.8 Å². The summed E-state index contributed by atoms with van der Waals surface area (Å²) in [7, 11) is 4.60. The molecule has 0 saturated carbocycles. The fraction of sp³-hybridized carbons (Fsp3) is 0.950. The number of halogens is 1. The van der Waals surface area contributed by atoms with Crippen molar-refractivity contribution in [3.8, 4) is 6.07 Å². The first-order valence-electron chi connectivity index (χ1n) is 9.81. The lowest BCUT2D eigenvalue weighted by atomic mass is 10.1. The van der Waals surface area contributed by atoms with Gasteiger partial charge in [-0.25, -0.2) is 0 Å². The largest absolute Gasteiger partial charge is 1.00 e. The highest BCUT2D eigenvalue weighted by Crippen LogP contribution is 2.13. The van der Waals surface area contributed by atoms with Crippen LogP contribution in [0.25, 0.3) is 0 Å². The van der Waals surface area contributed by atoms with Gasteiger partial charge in [0, 0.05) is 12.8 Å². The van der Waals surface area contributed by atoms with Gasteiger partial charge in [0.2, 0.25) is 0 Å². The molecule has 0 rings (SSSR count). The summed E-state index contributed by atoms with van der Waals surface area (Å²) in [5.41, 5.74) is 0. The SMILES string of the molecule is CCCCCCCCCCCCCC[N+](C)(C)CCCC#N.[Br-]. The van der Waals surface area contributed by atoms with Crippen molar-refractivity contribution in [3.05, 3.63) is 0 Å². The maximum atomic E-state index is 8.59. The zero-order valence-corrected chi connectivity index (χ0v) is 17.7. The molecule has 23 heavy (non-hydrogen) atoms. The molecule has 138 valence electrons. The van der Waals surface area contributed by atoms with Gasteiger partial charge in [0.15, 0.2) is 0 Å². The highest BCUT2D eigenvalue weighted by Gasteiger charge is 2.13. The van der Waals surface area contributed by atoms with E-state index < -0.39 is 0 Å². The number of nitriles is 1. The summed E-state index contributed by atoms with van der Waals surface area (Å²) in [6, 6.07) is 2.25. The average Bonchev–Trinajstić information content (AvgIpc) is 2.48. The van der Waals surface area contributed by atoms with E-state index in [1.54, 1.807) is 0 Å². The molecule has 0 bridgehead atoms. The summed E-state index contributed by atoms with van der Waals surface area (Å²) in [6.45, 7) is 4.70. The zero-order valence-electron chi connectivity index (χ0n) is 16.1. The highest BCUT2D eigenvalue weighted by molar-refractivity contribution is 4.67. The van der Waals surface area contributed by atoms with Crippen molar-refractivity contribution in [2.75, 3.05) is 27.2 Å². The molecule has 0 aliphatic heterocycles. The number of nitrogens with zero attached hydrogens (tertiary/aromatic N) is 2. The molecule has 0 aromatic heterocycles. The Labute approximate surface area is 157 Å². The van der Waals surface area contributed by atoms with Gasteiger partial charge in [-0.3, -0.25) is 0 Å². The van der Waals surface area contributed by atoms with Crippen molar-refractivity contribution in [2.45, 2.75) is 96.8 Å². The summed E-state index contributed by atoms with van der Waals surface area (Å²) in [5.74, 6) is 0. The molecule has 0 heterocycles. The van der Waals surface area contributed by atoms with Crippen LogP contribution >= 0.6 is 0 Å². The van der Waals surface area contributed by atoms with Gasteiger partial charge in [-0.05, 0) is 12.8 Å². The van der Waals surface area contributed by atoms with Gasteiger partial charge < -0.3 is 21.5 Å². The molecule has 0 aromatic carbocycles. The van der Waals surface area contributed by atoms with Gasteiger partial charge in [0.25, 0.3) is 0 Å². The molecular formula is C20H41BrN2. The third-order valence-electron chi connectivity index (χ3n) is 4.67. The van der Waals surface area contributed by atoms with E-state index in [9.17, 15) is 0 Å². The topological polar surface area (TPSA) is 23.8 Å². The zero-order chi connectivity index (χ0) is 16.5. The van der Waals surface area contributed by atoms with Gasteiger partial charge >= 0.3 is 0 Å². The van der Waals surface area contributed by atoms with E-state index in [1.807, 2.05) is 0 Å². The number of hydrogen-bond acceptors (Lipinski definition) is 1. The van der Waals surface area contributed by atoms with Crippen LogP contribution in [0, 0.1) is 11.3 Å². The van der Waals surface area contributed by atoms with E-state index in [2.05, 4.69) is 27.1 Å². The molecular weight excluding hydrogens is 348 g/mol. The Balaban J connectivity index is 0. The standard InChI is InChI=1S/C20H41N2.BrH/c1-4-5-6-7-8-9-10-11-12-13-14-16-19-22(2,3)20-17-15-18-21;/h4-17,19-20H2,1-3H3;1H/q+1;/p-1. The molecule has 0 atom stereocenters. The van der Waals surface area contributed by atoms with E-state index in [-0.39, 0.29) is 17.0 Å². The fourth-order valence-corrected chi connectivity index (χ4v) is 3.08. The number of rotatable bonds is 16. The van der Waals surface area contributed by atoms with Crippen LogP contribution in [0.3, 0.4) is 0 Å². The molecule has 0 spiro atoms. The summed E-state index contributed by atoms with van der Waals surface area (Å²) < 4.78 is 1.08.